The van der Waals surface area contributed by atoms with Gasteiger partial charge in [0.2, 0.25) is 5.76 Å². The second kappa shape index (κ2) is 8.54. The SMILES string of the molecule is COc1cc(/C=N\NC(=O)c2ccc(N)cc2)ccc1OC(=O)c1ccco1. The highest BCUT2D eigenvalue weighted by molar-refractivity contribution is 5.95. The zero-order chi connectivity index (χ0) is 19.9. The van der Waals surface area contributed by atoms with E-state index in [-0.39, 0.29) is 17.4 Å². The van der Waals surface area contributed by atoms with E-state index in [0.29, 0.717) is 22.6 Å². The number of anilines is 1. The molecular formula is C20H17N3O5. The molecule has 0 saturated carbocycles. The highest BCUT2D eigenvalue weighted by Gasteiger charge is 2.14. The van der Waals surface area contributed by atoms with Crippen LogP contribution in [0.4, 0.5) is 5.69 Å². The summed E-state index contributed by atoms with van der Waals surface area (Å²) < 4.78 is 15.5. The van der Waals surface area contributed by atoms with Crippen LogP contribution in [0.3, 0.4) is 0 Å². The fourth-order valence-corrected chi connectivity index (χ4v) is 2.26. The predicted octanol–water partition coefficient (Wildman–Crippen LogP) is 2.85. The molecule has 0 saturated heterocycles. The normalized spacial score (nSPS) is 10.6. The van der Waals surface area contributed by atoms with Crippen LogP contribution in [-0.2, 0) is 0 Å². The van der Waals surface area contributed by atoms with Gasteiger partial charge in [0.05, 0.1) is 19.6 Å². The Morgan fingerprint density at radius 2 is 1.89 bits per heavy atom. The van der Waals surface area contributed by atoms with Crippen molar-refractivity contribution in [2.24, 2.45) is 5.10 Å². The minimum atomic E-state index is -0.638. The molecule has 3 aromatic rings. The fraction of sp³-hybridized carbons (Fsp3) is 0.0500. The number of hydrogen-bond donors (Lipinski definition) is 2. The number of nitrogen functional groups attached to an aromatic ring is 1. The molecule has 1 heterocycles. The van der Waals surface area contributed by atoms with Crippen LogP contribution in [0.15, 0.2) is 70.4 Å². The second-order valence-corrected chi connectivity index (χ2v) is 5.60. The molecule has 0 spiro atoms. The number of rotatable bonds is 6. The van der Waals surface area contributed by atoms with Gasteiger partial charge in [0.15, 0.2) is 11.5 Å². The molecule has 0 aliphatic carbocycles. The van der Waals surface area contributed by atoms with Gasteiger partial charge in [-0.25, -0.2) is 10.2 Å². The molecule has 28 heavy (non-hydrogen) atoms. The van der Waals surface area contributed by atoms with E-state index in [0.717, 1.165) is 0 Å². The summed E-state index contributed by atoms with van der Waals surface area (Å²) in [5.74, 6) is -0.369. The molecule has 8 nitrogen and oxygen atoms in total. The molecule has 0 unspecified atom stereocenters. The average molecular weight is 379 g/mol. The summed E-state index contributed by atoms with van der Waals surface area (Å²) in [5, 5.41) is 3.91. The lowest BCUT2D eigenvalue weighted by atomic mass is 10.2. The van der Waals surface area contributed by atoms with Gasteiger partial charge >= 0.3 is 5.97 Å². The van der Waals surface area contributed by atoms with Crippen molar-refractivity contribution in [2.75, 3.05) is 12.8 Å². The lowest BCUT2D eigenvalue weighted by Crippen LogP contribution is -2.17. The Kier molecular flexibility index (Phi) is 5.71. The number of carbonyl (C=O) groups is 2. The highest BCUT2D eigenvalue weighted by atomic mass is 16.6. The topological polar surface area (TPSA) is 116 Å². The van der Waals surface area contributed by atoms with Crippen molar-refractivity contribution in [3.63, 3.8) is 0 Å². The quantitative estimate of drug-likeness (QED) is 0.224. The number of ether oxygens (including phenoxy) is 2. The van der Waals surface area contributed by atoms with Gasteiger partial charge in [-0.15, -0.1) is 0 Å². The fourth-order valence-electron chi connectivity index (χ4n) is 2.26. The number of nitrogens with zero attached hydrogens (tertiary/aromatic N) is 1. The number of nitrogens with two attached hydrogens (primary N) is 1. The number of nitrogens with one attached hydrogen (secondary N) is 1. The summed E-state index contributed by atoms with van der Waals surface area (Å²) in [5.41, 5.74) is 9.65. The van der Waals surface area contributed by atoms with Crippen LogP contribution in [0.25, 0.3) is 0 Å². The van der Waals surface area contributed by atoms with E-state index in [4.69, 9.17) is 19.6 Å². The minimum absolute atomic E-state index is 0.0815. The first-order valence-electron chi connectivity index (χ1n) is 8.19. The third-order valence-corrected chi connectivity index (χ3v) is 3.67. The monoisotopic (exact) mass is 379 g/mol. The van der Waals surface area contributed by atoms with E-state index in [1.807, 2.05) is 0 Å². The number of furan rings is 1. The van der Waals surface area contributed by atoms with Crippen molar-refractivity contribution < 1.29 is 23.5 Å². The molecule has 0 radical (unpaired) electrons. The Hall–Kier alpha value is -4.07. The van der Waals surface area contributed by atoms with Crippen molar-refractivity contribution >= 4 is 23.8 Å². The van der Waals surface area contributed by atoms with E-state index >= 15 is 0 Å². The van der Waals surface area contributed by atoms with Crippen LogP contribution < -0.4 is 20.6 Å². The van der Waals surface area contributed by atoms with Gasteiger partial charge in [0.25, 0.3) is 5.91 Å². The molecule has 8 heteroatoms. The van der Waals surface area contributed by atoms with Crippen LogP contribution in [0.2, 0.25) is 0 Å². The number of amides is 1. The lowest BCUT2D eigenvalue weighted by molar-refractivity contribution is 0.0696. The van der Waals surface area contributed by atoms with Gasteiger partial charge in [0.1, 0.15) is 0 Å². The summed E-state index contributed by atoms with van der Waals surface area (Å²) in [7, 11) is 1.45. The van der Waals surface area contributed by atoms with Crippen molar-refractivity contribution in [1.29, 1.82) is 0 Å². The summed E-state index contributed by atoms with van der Waals surface area (Å²) >= 11 is 0. The minimum Gasteiger partial charge on any atom is -0.493 e. The average Bonchev–Trinajstić information content (AvgIpc) is 3.24. The molecule has 0 bridgehead atoms. The molecule has 1 amide bonds. The number of carbonyl (C=O) groups excluding carboxylic acids is 2. The van der Waals surface area contributed by atoms with Crippen molar-refractivity contribution in [3.05, 3.63) is 77.7 Å². The third kappa shape index (κ3) is 4.55. The third-order valence-electron chi connectivity index (χ3n) is 3.67. The van der Waals surface area contributed by atoms with E-state index in [2.05, 4.69) is 10.5 Å². The summed E-state index contributed by atoms with van der Waals surface area (Å²) in [6, 6.07) is 14.4. The van der Waals surface area contributed by atoms with Crippen LogP contribution in [0, 0.1) is 0 Å². The van der Waals surface area contributed by atoms with Gasteiger partial charge in [-0.05, 0) is 60.2 Å². The van der Waals surface area contributed by atoms with Gasteiger partial charge in [-0.2, -0.15) is 5.10 Å². The molecule has 3 N–H and O–H groups in total. The Morgan fingerprint density at radius 1 is 1.11 bits per heavy atom. The molecule has 0 atom stereocenters. The van der Waals surface area contributed by atoms with E-state index in [9.17, 15) is 9.59 Å². The molecule has 0 aliphatic rings. The van der Waals surface area contributed by atoms with Crippen molar-refractivity contribution in [3.8, 4) is 11.5 Å². The molecule has 2 aromatic carbocycles. The van der Waals surface area contributed by atoms with Gasteiger partial charge < -0.3 is 19.6 Å². The lowest BCUT2D eigenvalue weighted by Gasteiger charge is -2.09. The van der Waals surface area contributed by atoms with Crippen molar-refractivity contribution in [2.45, 2.75) is 0 Å². The maximum Gasteiger partial charge on any atom is 0.379 e. The molecule has 3 rings (SSSR count). The molecule has 142 valence electrons. The summed E-state index contributed by atoms with van der Waals surface area (Å²) in [6.45, 7) is 0. The second-order valence-electron chi connectivity index (χ2n) is 5.60. The largest absolute Gasteiger partial charge is 0.493 e. The van der Waals surface area contributed by atoms with Crippen molar-refractivity contribution in [1.82, 2.24) is 5.43 Å². The first-order valence-corrected chi connectivity index (χ1v) is 8.19. The van der Waals surface area contributed by atoms with E-state index in [1.165, 1.54) is 25.7 Å². The number of hydrogen-bond acceptors (Lipinski definition) is 7. The molecule has 0 aliphatic heterocycles. The number of hydrazone groups is 1. The first kappa shape index (κ1) is 18.7. The van der Waals surface area contributed by atoms with E-state index in [1.54, 1.807) is 48.5 Å². The number of esters is 1. The maximum absolute atomic E-state index is 12.0. The molecule has 1 aromatic heterocycles. The summed E-state index contributed by atoms with van der Waals surface area (Å²) in [4.78, 5) is 24.0. The van der Waals surface area contributed by atoms with Crippen LogP contribution in [-0.4, -0.2) is 25.2 Å². The Balaban J connectivity index is 1.66. The molecule has 0 fully saturated rings. The predicted molar refractivity (Wildman–Crippen MR) is 103 cm³/mol. The first-order chi connectivity index (χ1) is 13.6. The highest BCUT2D eigenvalue weighted by Crippen LogP contribution is 2.28. The number of methoxy groups -OCH3 is 1. The Bertz CT molecular complexity index is 995. The van der Waals surface area contributed by atoms with Crippen LogP contribution in [0.1, 0.15) is 26.5 Å². The maximum atomic E-state index is 12.0. The van der Waals surface area contributed by atoms with E-state index < -0.39 is 5.97 Å². The van der Waals surface area contributed by atoms with Gasteiger partial charge in [-0.3, -0.25) is 4.79 Å². The smallest absolute Gasteiger partial charge is 0.379 e. The Morgan fingerprint density at radius 3 is 2.57 bits per heavy atom. The number of benzene rings is 2. The zero-order valence-corrected chi connectivity index (χ0v) is 14.9. The van der Waals surface area contributed by atoms with Crippen LogP contribution >= 0.6 is 0 Å². The summed E-state index contributed by atoms with van der Waals surface area (Å²) in [6.07, 6.45) is 2.82. The van der Waals surface area contributed by atoms with Crippen LogP contribution in [0.5, 0.6) is 11.5 Å². The molecular weight excluding hydrogens is 362 g/mol. The van der Waals surface area contributed by atoms with Gasteiger partial charge in [-0.1, -0.05) is 0 Å². The Labute approximate surface area is 160 Å². The standard InChI is InChI=1S/C20H17N3O5/c1-26-18-11-13(4-9-16(18)28-20(25)17-3-2-10-27-17)12-22-23-19(24)14-5-7-15(21)8-6-14/h2-12H,21H2,1H3,(H,23,24)/b22-12-. The zero-order valence-electron chi connectivity index (χ0n) is 14.9. The van der Waals surface area contributed by atoms with Gasteiger partial charge in [0, 0.05) is 11.3 Å².